The van der Waals surface area contributed by atoms with Crippen molar-refractivity contribution < 1.29 is 19.1 Å². The first-order valence-corrected chi connectivity index (χ1v) is 11.6. The first-order valence-electron chi connectivity index (χ1n) is 11.2. The summed E-state index contributed by atoms with van der Waals surface area (Å²) in [4.78, 5) is 39.8. The van der Waals surface area contributed by atoms with E-state index in [9.17, 15) is 14.4 Å². The lowest BCUT2D eigenvalue weighted by Crippen LogP contribution is -2.49. The van der Waals surface area contributed by atoms with E-state index in [1.165, 1.54) is 0 Å². The number of esters is 1. The Morgan fingerprint density at radius 3 is 2.47 bits per heavy atom. The van der Waals surface area contributed by atoms with Crippen LogP contribution < -0.4 is 16.0 Å². The summed E-state index contributed by atoms with van der Waals surface area (Å²) < 4.78 is 5.32. The maximum atomic E-state index is 12.9. The summed E-state index contributed by atoms with van der Waals surface area (Å²) in [6, 6.07) is 6.41. The van der Waals surface area contributed by atoms with Crippen molar-refractivity contribution in [2.75, 3.05) is 26.2 Å². The number of rotatable bonds is 7. The highest BCUT2D eigenvalue weighted by molar-refractivity contribution is 6.30. The van der Waals surface area contributed by atoms with Crippen molar-refractivity contribution in [1.82, 2.24) is 20.9 Å². The molecule has 9 heteroatoms. The number of ether oxygens (including phenoxy) is 1. The fourth-order valence-corrected chi connectivity index (χ4v) is 4.35. The van der Waals surface area contributed by atoms with E-state index in [2.05, 4.69) is 20.9 Å². The molecule has 32 heavy (non-hydrogen) atoms. The van der Waals surface area contributed by atoms with Crippen LogP contribution in [-0.4, -0.2) is 55.1 Å². The quantitative estimate of drug-likeness (QED) is 0.543. The zero-order valence-corrected chi connectivity index (χ0v) is 18.9. The minimum atomic E-state index is -0.628. The Bertz CT molecular complexity index is 905. The number of amides is 3. The third-order valence-electron chi connectivity index (χ3n) is 6.12. The van der Waals surface area contributed by atoms with Gasteiger partial charge in [0.05, 0.1) is 18.2 Å². The molecular formula is C23H29ClN4O4. The van der Waals surface area contributed by atoms with E-state index in [4.69, 9.17) is 16.3 Å². The van der Waals surface area contributed by atoms with Gasteiger partial charge in [0.25, 0.3) is 0 Å². The normalized spacial score (nSPS) is 22.2. The van der Waals surface area contributed by atoms with Crippen LogP contribution >= 0.6 is 11.6 Å². The molecule has 2 fully saturated rings. The lowest BCUT2D eigenvalue weighted by Gasteiger charge is -2.35. The molecule has 1 saturated heterocycles. The van der Waals surface area contributed by atoms with E-state index < -0.39 is 12.0 Å². The second-order valence-electron chi connectivity index (χ2n) is 8.53. The van der Waals surface area contributed by atoms with Crippen molar-refractivity contribution in [3.8, 4) is 0 Å². The molecule has 1 aromatic rings. The van der Waals surface area contributed by atoms with Crippen LogP contribution in [0.3, 0.4) is 0 Å². The van der Waals surface area contributed by atoms with Gasteiger partial charge in [0.1, 0.15) is 0 Å². The minimum Gasteiger partial charge on any atom is -0.463 e. The number of piperidine rings is 1. The first kappa shape index (κ1) is 22.6. The SMILES string of the molecule is CCOC(=O)C1=C(CN2CCC(C(=O)NC3CC3)CC2)NC(=O)NC1c1ccc(Cl)cc1. The van der Waals surface area contributed by atoms with Gasteiger partial charge in [-0.15, -0.1) is 0 Å². The van der Waals surface area contributed by atoms with E-state index in [0.717, 1.165) is 44.3 Å². The predicted molar refractivity (Wildman–Crippen MR) is 120 cm³/mol. The molecule has 0 spiro atoms. The van der Waals surface area contributed by atoms with Crippen LogP contribution in [0.4, 0.5) is 4.79 Å². The van der Waals surface area contributed by atoms with Gasteiger partial charge in [0.15, 0.2) is 0 Å². The smallest absolute Gasteiger partial charge is 0.338 e. The van der Waals surface area contributed by atoms with Gasteiger partial charge in [-0.2, -0.15) is 0 Å². The van der Waals surface area contributed by atoms with Crippen molar-refractivity contribution in [3.05, 3.63) is 46.1 Å². The number of carbonyl (C=O) groups excluding carboxylic acids is 3. The molecule has 8 nitrogen and oxygen atoms in total. The number of hydrogen-bond donors (Lipinski definition) is 3. The molecule has 1 atom stereocenters. The summed E-state index contributed by atoms with van der Waals surface area (Å²) in [6.45, 7) is 3.83. The second kappa shape index (κ2) is 9.92. The third-order valence-corrected chi connectivity index (χ3v) is 6.37. The highest BCUT2D eigenvalue weighted by Crippen LogP contribution is 2.30. The van der Waals surface area contributed by atoms with Gasteiger partial charge in [-0.05, 0) is 63.4 Å². The van der Waals surface area contributed by atoms with Crippen molar-refractivity contribution >= 4 is 29.5 Å². The Hall–Kier alpha value is -2.58. The van der Waals surface area contributed by atoms with Crippen LogP contribution in [0.25, 0.3) is 0 Å². The molecule has 0 aromatic heterocycles. The summed E-state index contributed by atoms with van der Waals surface area (Å²) >= 11 is 6.01. The average Bonchev–Trinajstić information content (AvgIpc) is 3.58. The Morgan fingerprint density at radius 1 is 1.16 bits per heavy atom. The molecule has 4 rings (SSSR count). The predicted octanol–water partition coefficient (Wildman–Crippen LogP) is 2.50. The standard InChI is InChI=1S/C23H29ClN4O4/c1-2-32-22(30)19-18(26-23(31)27-20(19)14-3-5-16(24)6-4-14)13-28-11-9-15(10-12-28)21(29)25-17-7-8-17/h3-6,15,17,20H,2,7-13H2,1H3,(H,25,29)(H2,26,27,31). The van der Waals surface area contributed by atoms with E-state index in [0.29, 0.717) is 28.9 Å². The maximum absolute atomic E-state index is 12.9. The van der Waals surface area contributed by atoms with E-state index in [-0.39, 0.29) is 24.5 Å². The molecule has 1 aliphatic carbocycles. The number of urea groups is 1. The van der Waals surface area contributed by atoms with E-state index in [1.807, 2.05) is 0 Å². The molecule has 3 amide bonds. The van der Waals surface area contributed by atoms with Crippen LogP contribution in [0, 0.1) is 5.92 Å². The monoisotopic (exact) mass is 460 g/mol. The maximum Gasteiger partial charge on any atom is 0.338 e. The van der Waals surface area contributed by atoms with Crippen molar-refractivity contribution in [3.63, 3.8) is 0 Å². The fourth-order valence-electron chi connectivity index (χ4n) is 4.22. The van der Waals surface area contributed by atoms with Gasteiger partial charge >= 0.3 is 12.0 Å². The minimum absolute atomic E-state index is 0.0230. The molecule has 0 bridgehead atoms. The number of nitrogens with zero attached hydrogens (tertiary/aromatic N) is 1. The molecule has 3 N–H and O–H groups in total. The highest BCUT2D eigenvalue weighted by atomic mass is 35.5. The zero-order chi connectivity index (χ0) is 22.7. The molecule has 0 radical (unpaired) electrons. The molecule has 3 aliphatic rings. The van der Waals surface area contributed by atoms with Crippen molar-refractivity contribution in [2.45, 2.75) is 44.7 Å². The largest absolute Gasteiger partial charge is 0.463 e. The van der Waals surface area contributed by atoms with Crippen molar-refractivity contribution in [2.24, 2.45) is 5.92 Å². The summed E-state index contributed by atoms with van der Waals surface area (Å²) in [7, 11) is 0. The summed E-state index contributed by atoms with van der Waals surface area (Å²) in [5.74, 6) is -0.292. The number of nitrogens with one attached hydrogen (secondary N) is 3. The summed E-state index contributed by atoms with van der Waals surface area (Å²) in [6.07, 6.45) is 3.68. The van der Waals surface area contributed by atoms with Crippen LogP contribution in [0.15, 0.2) is 35.5 Å². The van der Waals surface area contributed by atoms with Gasteiger partial charge in [-0.25, -0.2) is 9.59 Å². The number of halogens is 1. The molecular weight excluding hydrogens is 432 g/mol. The van der Waals surface area contributed by atoms with Gasteiger partial charge in [0, 0.05) is 29.2 Å². The molecule has 2 heterocycles. The van der Waals surface area contributed by atoms with Crippen LogP contribution in [0.2, 0.25) is 5.02 Å². The highest BCUT2D eigenvalue weighted by Gasteiger charge is 2.35. The lowest BCUT2D eigenvalue weighted by atomic mass is 9.93. The number of likely N-dealkylation sites (tertiary alicyclic amines) is 1. The Balaban J connectivity index is 1.51. The summed E-state index contributed by atoms with van der Waals surface area (Å²) in [5.41, 5.74) is 1.68. The number of carbonyl (C=O) groups is 3. The number of benzene rings is 1. The Labute approximate surface area is 192 Å². The van der Waals surface area contributed by atoms with Gasteiger partial charge < -0.3 is 20.7 Å². The number of hydrogen-bond acceptors (Lipinski definition) is 5. The zero-order valence-electron chi connectivity index (χ0n) is 18.2. The Kier molecular flexibility index (Phi) is 7.01. The summed E-state index contributed by atoms with van der Waals surface area (Å²) in [5, 5.41) is 9.31. The fraction of sp³-hybridized carbons (Fsp3) is 0.522. The molecule has 1 aromatic carbocycles. The van der Waals surface area contributed by atoms with Crippen LogP contribution in [0.1, 0.15) is 44.2 Å². The lowest BCUT2D eigenvalue weighted by molar-refractivity contribution is -0.139. The van der Waals surface area contributed by atoms with Crippen LogP contribution in [-0.2, 0) is 14.3 Å². The topological polar surface area (TPSA) is 99.8 Å². The third kappa shape index (κ3) is 5.42. The molecule has 172 valence electrons. The molecule has 1 saturated carbocycles. The second-order valence-corrected chi connectivity index (χ2v) is 8.97. The molecule has 1 unspecified atom stereocenters. The van der Waals surface area contributed by atoms with Crippen molar-refractivity contribution in [1.29, 1.82) is 0 Å². The van der Waals surface area contributed by atoms with E-state index >= 15 is 0 Å². The average molecular weight is 461 g/mol. The first-order chi connectivity index (χ1) is 15.4. The molecule has 2 aliphatic heterocycles. The Morgan fingerprint density at radius 2 is 1.84 bits per heavy atom. The van der Waals surface area contributed by atoms with Gasteiger partial charge in [0.2, 0.25) is 5.91 Å². The van der Waals surface area contributed by atoms with Gasteiger partial charge in [-0.1, -0.05) is 23.7 Å². The van der Waals surface area contributed by atoms with E-state index in [1.54, 1.807) is 31.2 Å². The van der Waals surface area contributed by atoms with Crippen LogP contribution in [0.5, 0.6) is 0 Å². The van der Waals surface area contributed by atoms with Gasteiger partial charge in [-0.3, -0.25) is 9.69 Å².